The first-order valence-corrected chi connectivity index (χ1v) is 7.29. The van der Waals surface area contributed by atoms with Crippen LogP contribution in [-0.2, 0) is 31.5 Å². The van der Waals surface area contributed by atoms with Gasteiger partial charge in [-0.05, 0) is 17.7 Å². The monoisotopic (exact) mass is 299 g/mol. The van der Waals surface area contributed by atoms with Crippen molar-refractivity contribution in [1.29, 1.82) is 0 Å². The number of hydrogen-bond donors (Lipinski definition) is 2. The number of ether oxygens (including phenoxy) is 1. The summed E-state index contributed by atoms with van der Waals surface area (Å²) in [6.45, 7) is 0.784. The van der Waals surface area contributed by atoms with E-state index in [0.29, 0.717) is 23.6 Å². The van der Waals surface area contributed by atoms with Gasteiger partial charge in [-0.25, -0.2) is 0 Å². The molecule has 0 aliphatic carbocycles. The summed E-state index contributed by atoms with van der Waals surface area (Å²) < 4.78 is 16.7. The third-order valence-electron chi connectivity index (χ3n) is 2.43. The fourth-order valence-corrected chi connectivity index (χ4v) is 2.43. The van der Waals surface area contributed by atoms with Crippen molar-refractivity contribution in [3.8, 4) is 0 Å². The van der Waals surface area contributed by atoms with E-state index in [-0.39, 0.29) is 18.1 Å². The number of hydrogen-bond acceptors (Lipinski definition) is 4. The van der Waals surface area contributed by atoms with Gasteiger partial charge < -0.3 is 15.2 Å². The van der Waals surface area contributed by atoms with E-state index in [1.54, 1.807) is 24.3 Å². The van der Waals surface area contributed by atoms with Crippen molar-refractivity contribution >= 4 is 22.7 Å². The molecule has 1 rings (SSSR count). The average molecular weight is 299 g/mol. The Morgan fingerprint density at radius 2 is 1.95 bits per heavy atom. The van der Waals surface area contributed by atoms with Crippen molar-refractivity contribution < 1.29 is 23.6 Å². The van der Waals surface area contributed by atoms with Gasteiger partial charge in [0.25, 0.3) is 0 Å². The van der Waals surface area contributed by atoms with E-state index in [2.05, 4.69) is 5.32 Å². The third-order valence-corrected chi connectivity index (χ3v) is 3.75. The van der Waals surface area contributed by atoms with Crippen molar-refractivity contribution in [3.63, 3.8) is 0 Å². The molecule has 0 radical (unpaired) electrons. The number of carbonyl (C=O) groups is 2. The smallest absolute Gasteiger partial charge is 0.307 e. The van der Waals surface area contributed by atoms with Crippen molar-refractivity contribution in [1.82, 2.24) is 5.32 Å². The SMILES string of the molecule is COCCNC(=O)CS(=O)c1ccc(CC(=O)O)cc1. The molecule has 0 spiro atoms. The first-order valence-electron chi connectivity index (χ1n) is 5.97. The van der Waals surface area contributed by atoms with E-state index < -0.39 is 16.8 Å². The maximum atomic E-state index is 11.9. The summed E-state index contributed by atoms with van der Waals surface area (Å²) in [6, 6.07) is 6.36. The Labute approximate surface area is 119 Å². The van der Waals surface area contributed by atoms with Crippen LogP contribution in [0.3, 0.4) is 0 Å². The van der Waals surface area contributed by atoms with Crippen LogP contribution in [0.4, 0.5) is 0 Å². The van der Waals surface area contributed by atoms with E-state index in [1.165, 1.54) is 7.11 Å². The summed E-state index contributed by atoms with van der Waals surface area (Å²) in [6.07, 6.45) is -0.0789. The molecular weight excluding hydrogens is 282 g/mol. The number of carboxylic acids is 1. The highest BCUT2D eigenvalue weighted by atomic mass is 32.2. The lowest BCUT2D eigenvalue weighted by molar-refractivity contribution is -0.136. The summed E-state index contributed by atoms with van der Waals surface area (Å²) in [5.74, 6) is -1.35. The highest BCUT2D eigenvalue weighted by Crippen LogP contribution is 2.09. The lowest BCUT2D eigenvalue weighted by Gasteiger charge is -2.05. The Balaban J connectivity index is 2.51. The van der Waals surface area contributed by atoms with Gasteiger partial charge >= 0.3 is 5.97 Å². The number of methoxy groups -OCH3 is 1. The average Bonchev–Trinajstić information content (AvgIpc) is 2.39. The van der Waals surface area contributed by atoms with Gasteiger partial charge in [0.1, 0.15) is 5.75 Å². The molecule has 1 aromatic rings. The van der Waals surface area contributed by atoms with Gasteiger partial charge in [0.15, 0.2) is 0 Å². The maximum absolute atomic E-state index is 11.9. The Morgan fingerprint density at radius 1 is 1.30 bits per heavy atom. The van der Waals surface area contributed by atoms with Crippen LogP contribution in [0.1, 0.15) is 5.56 Å². The largest absolute Gasteiger partial charge is 0.481 e. The van der Waals surface area contributed by atoms with E-state index >= 15 is 0 Å². The molecule has 0 aliphatic heterocycles. The number of nitrogens with one attached hydrogen (secondary N) is 1. The second-order valence-electron chi connectivity index (χ2n) is 4.05. The molecule has 1 atom stereocenters. The van der Waals surface area contributed by atoms with Crippen LogP contribution in [0, 0.1) is 0 Å². The molecule has 7 heteroatoms. The van der Waals surface area contributed by atoms with E-state index in [9.17, 15) is 13.8 Å². The second kappa shape index (κ2) is 8.44. The minimum absolute atomic E-state index is 0.0789. The molecular formula is C13H17NO5S. The van der Waals surface area contributed by atoms with Gasteiger partial charge in [0.2, 0.25) is 5.91 Å². The second-order valence-corrected chi connectivity index (χ2v) is 5.50. The van der Waals surface area contributed by atoms with Crippen molar-refractivity contribution in [2.24, 2.45) is 0 Å². The fourth-order valence-electron chi connectivity index (χ4n) is 1.48. The van der Waals surface area contributed by atoms with Gasteiger partial charge in [0.05, 0.1) is 23.8 Å². The molecule has 2 N–H and O–H groups in total. The van der Waals surface area contributed by atoms with Crippen LogP contribution in [0.2, 0.25) is 0 Å². The zero-order chi connectivity index (χ0) is 15.0. The summed E-state index contributed by atoms with van der Waals surface area (Å²) in [5.41, 5.74) is 0.628. The first kappa shape index (κ1) is 16.3. The van der Waals surface area contributed by atoms with E-state index in [1.807, 2.05) is 0 Å². The molecule has 1 unspecified atom stereocenters. The molecule has 0 aromatic heterocycles. The van der Waals surface area contributed by atoms with Gasteiger partial charge in [0, 0.05) is 18.6 Å². The topological polar surface area (TPSA) is 92.7 Å². The van der Waals surface area contributed by atoms with Crippen LogP contribution < -0.4 is 5.32 Å². The number of amides is 1. The Bertz CT molecular complexity index is 486. The normalized spacial score (nSPS) is 11.8. The molecule has 6 nitrogen and oxygen atoms in total. The Morgan fingerprint density at radius 3 is 2.50 bits per heavy atom. The maximum Gasteiger partial charge on any atom is 0.307 e. The number of carbonyl (C=O) groups excluding carboxylic acids is 1. The van der Waals surface area contributed by atoms with Crippen LogP contribution in [-0.4, -0.2) is 47.2 Å². The van der Waals surface area contributed by atoms with Crippen LogP contribution in [0.15, 0.2) is 29.2 Å². The third kappa shape index (κ3) is 5.94. The van der Waals surface area contributed by atoms with E-state index in [4.69, 9.17) is 9.84 Å². The fraction of sp³-hybridized carbons (Fsp3) is 0.385. The molecule has 0 bridgehead atoms. The lowest BCUT2D eigenvalue weighted by atomic mass is 10.2. The minimum Gasteiger partial charge on any atom is -0.481 e. The molecule has 0 fully saturated rings. The highest BCUT2D eigenvalue weighted by molar-refractivity contribution is 7.85. The molecule has 1 amide bonds. The van der Waals surface area contributed by atoms with Crippen molar-refractivity contribution in [3.05, 3.63) is 29.8 Å². The van der Waals surface area contributed by atoms with Crippen molar-refractivity contribution in [2.45, 2.75) is 11.3 Å². The molecule has 0 saturated heterocycles. The quantitative estimate of drug-likeness (QED) is 0.668. The Kier molecular flexibility index (Phi) is 6.89. The molecule has 1 aromatic carbocycles. The zero-order valence-corrected chi connectivity index (χ0v) is 11.9. The van der Waals surface area contributed by atoms with Gasteiger partial charge in [-0.15, -0.1) is 0 Å². The molecule has 0 aliphatic rings. The standard InChI is InChI=1S/C13H17NO5S/c1-19-7-6-14-12(15)9-20(18)11-4-2-10(3-5-11)8-13(16)17/h2-5H,6-9H2,1H3,(H,14,15)(H,16,17). The van der Waals surface area contributed by atoms with E-state index in [0.717, 1.165) is 0 Å². The first-order chi connectivity index (χ1) is 9.52. The van der Waals surface area contributed by atoms with Crippen LogP contribution in [0.25, 0.3) is 0 Å². The van der Waals surface area contributed by atoms with Crippen LogP contribution in [0.5, 0.6) is 0 Å². The minimum atomic E-state index is -1.44. The Hall–Kier alpha value is -1.73. The number of benzene rings is 1. The highest BCUT2D eigenvalue weighted by Gasteiger charge is 2.10. The molecule has 0 saturated carbocycles. The van der Waals surface area contributed by atoms with Gasteiger partial charge in [-0.3, -0.25) is 13.8 Å². The number of rotatable bonds is 8. The van der Waals surface area contributed by atoms with Crippen molar-refractivity contribution in [2.75, 3.05) is 26.0 Å². The molecule has 20 heavy (non-hydrogen) atoms. The summed E-state index contributed by atoms with van der Waals surface area (Å²) >= 11 is 0. The van der Waals surface area contributed by atoms with Gasteiger partial charge in [-0.2, -0.15) is 0 Å². The van der Waals surface area contributed by atoms with Gasteiger partial charge in [-0.1, -0.05) is 12.1 Å². The summed E-state index contributed by atoms with van der Waals surface area (Å²) in [5, 5.41) is 11.2. The molecule has 110 valence electrons. The zero-order valence-electron chi connectivity index (χ0n) is 11.1. The summed E-state index contributed by atoms with van der Waals surface area (Å²) in [7, 11) is 0.0906. The summed E-state index contributed by atoms with van der Waals surface area (Å²) in [4.78, 5) is 22.5. The lowest BCUT2D eigenvalue weighted by Crippen LogP contribution is -2.31. The number of aliphatic carboxylic acids is 1. The van der Waals surface area contributed by atoms with Crippen LogP contribution >= 0.6 is 0 Å². The molecule has 0 heterocycles. The predicted octanol–water partition coefficient (Wildman–Crippen LogP) is 0.184. The predicted molar refractivity (Wildman–Crippen MR) is 73.9 cm³/mol. The number of carboxylic acid groups (broad SMARTS) is 1.